The number of hydrogen-bond acceptors (Lipinski definition) is 0. The van der Waals surface area contributed by atoms with Gasteiger partial charge in [-0.05, 0) is 0 Å². The summed E-state index contributed by atoms with van der Waals surface area (Å²) < 4.78 is 0. The predicted octanol–water partition coefficient (Wildman–Crippen LogP) is 11.2. The van der Waals surface area contributed by atoms with Crippen LogP contribution in [0.2, 0.25) is 9.63 Å². The monoisotopic (exact) mass is 554 g/mol. The molecule has 0 bridgehead atoms. The zero-order valence-electron chi connectivity index (χ0n) is 23.7. The molecule has 3 heteroatoms. The van der Waals surface area contributed by atoms with Gasteiger partial charge < -0.3 is 0 Å². The second-order valence-corrected chi connectivity index (χ2v) is 22.0. The summed E-state index contributed by atoms with van der Waals surface area (Å²) in [5.41, 5.74) is 4.59. The second kappa shape index (κ2) is 12.0. The Bertz CT molecular complexity index is 781. The van der Waals surface area contributed by atoms with E-state index in [2.05, 4.69) is 84.9 Å². The van der Waals surface area contributed by atoms with Crippen molar-refractivity contribution in [3.05, 3.63) is 47.3 Å². The number of rotatable bonds is 7. The van der Waals surface area contributed by atoms with E-state index in [4.69, 9.17) is 0 Å². The van der Waals surface area contributed by atoms with Crippen LogP contribution in [0.25, 0.3) is 0 Å². The van der Waals surface area contributed by atoms with E-state index in [0.29, 0.717) is 25.6 Å². The van der Waals surface area contributed by atoms with E-state index >= 15 is 0 Å². The molecule has 0 amide bonds. The third-order valence-electron chi connectivity index (χ3n) is 8.46. The third kappa shape index (κ3) is 6.86. The number of hydrogen-bond donors (Lipinski definition) is 0. The summed E-state index contributed by atoms with van der Waals surface area (Å²) in [7, 11) is -0.213. The van der Waals surface area contributed by atoms with Gasteiger partial charge in [0.05, 0.1) is 0 Å². The Morgan fingerprint density at radius 2 is 1.23 bits per heavy atom. The molecule has 0 aromatic carbocycles. The molecule has 35 heavy (non-hydrogen) atoms. The fraction of sp³-hybridized carbons (Fsp3) is 0.750. The molecule has 198 valence electrons. The SMILES string of the molecule is C[C@@H](C1=C(P(C2CCCCC2)C2CCCCC2)C=C[C@H]1[Fe][CH]1C=CC=C1)P(C(C)(C)C)C(C)(C)C. The Kier molecular flexibility index (Phi) is 9.74. The second-order valence-electron chi connectivity index (χ2n) is 13.3. The first-order valence-electron chi connectivity index (χ1n) is 14.5. The van der Waals surface area contributed by atoms with Crippen molar-refractivity contribution in [3.8, 4) is 0 Å². The van der Waals surface area contributed by atoms with Crippen LogP contribution in [-0.2, 0) is 15.0 Å². The molecule has 0 N–H and O–H groups in total. The van der Waals surface area contributed by atoms with E-state index < -0.39 is 0 Å². The summed E-state index contributed by atoms with van der Waals surface area (Å²) in [6.07, 6.45) is 29.7. The Hall–Kier alpha value is 0.339. The molecule has 0 aromatic rings. The molecule has 0 aliphatic heterocycles. The average Bonchev–Trinajstić information content (AvgIpc) is 3.44. The topological polar surface area (TPSA) is 0 Å². The van der Waals surface area contributed by atoms with Crippen LogP contribution in [0.15, 0.2) is 47.3 Å². The molecule has 2 fully saturated rings. The summed E-state index contributed by atoms with van der Waals surface area (Å²) in [5, 5.41) is 2.64. The van der Waals surface area contributed by atoms with Gasteiger partial charge in [0, 0.05) is 0 Å². The molecule has 2 saturated carbocycles. The molecule has 0 aromatic heterocycles. The van der Waals surface area contributed by atoms with Gasteiger partial charge in [-0.25, -0.2) is 0 Å². The Labute approximate surface area is 227 Å². The first-order chi connectivity index (χ1) is 16.6. The minimum atomic E-state index is -0.169. The van der Waals surface area contributed by atoms with Gasteiger partial charge in [0.1, 0.15) is 0 Å². The van der Waals surface area contributed by atoms with E-state index in [1.807, 2.05) is 10.9 Å². The summed E-state index contributed by atoms with van der Waals surface area (Å²) in [5.74, 6) is 0. The predicted molar refractivity (Wildman–Crippen MR) is 158 cm³/mol. The minimum absolute atomic E-state index is 0.0437. The Morgan fingerprint density at radius 3 is 1.69 bits per heavy atom. The normalized spacial score (nSPS) is 26.3. The van der Waals surface area contributed by atoms with Crippen LogP contribution in [-0.4, -0.2) is 27.3 Å². The maximum atomic E-state index is 2.71. The molecule has 0 saturated heterocycles. The van der Waals surface area contributed by atoms with Crippen LogP contribution >= 0.6 is 15.8 Å². The van der Waals surface area contributed by atoms with Gasteiger partial charge in [0.25, 0.3) is 0 Å². The zero-order chi connectivity index (χ0) is 25.2. The molecular formula is C32H52FeP2. The van der Waals surface area contributed by atoms with Crippen molar-refractivity contribution in [1.82, 2.24) is 0 Å². The van der Waals surface area contributed by atoms with Crippen LogP contribution in [0, 0.1) is 0 Å². The third-order valence-corrected chi connectivity index (χ3v) is 17.8. The van der Waals surface area contributed by atoms with Gasteiger partial charge in [0.15, 0.2) is 0 Å². The van der Waals surface area contributed by atoms with Crippen molar-refractivity contribution in [3.63, 3.8) is 0 Å². The Balaban J connectivity index is 1.78. The van der Waals surface area contributed by atoms with Crippen LogP contribution in [0.3, 0.4) is 0 Å². The van der Waals surface area contributed by atoms with Crippen molar-refractivity contribution in [1.29, 1.82) is 0 Å². The van der Waals surface area contributed by atoms with Crippen molar-refractivity contribution in [2.24, 2.45) is 0 Å². The van der Waals surface area contributed by atoms with Gasteiger partial charge in [-0.2, -0.15) is 0 Å². The van der Waals surface area contributed by atoms with Crippen LogP contribution in [0.5, 0.6) is 0 Å². The van der Waals surface area contributed by atoms with Crippen LogP contribution in [0.4, 0.5) is 0 Å². The standard InChI is InChI=1S/C27H47P2.C5H5.Fe/c1-21(29(26(2,3)4)27(5,6)7)24-19-14-20-25(24)28(22-15-10-8-11-16-22)23-17-12-9-13-18-23;1-2-4-5-3-1;/h14,19-23H,8-13,15-18H2,1-7H3;1-5H;/t21-;;/m0../s1. The molecule has 4 aliphatic carbocycles. The van der Waals surface area contributed by atoms with Crippen molar-refractivity contribution in [2.45, 2.75) is 150 Å². The summed E-state index contributed by atoms with van der Waals surface area (Å²) in [6, 6.07) is 0. The van der Waals surface area contributed by atoms with E-state index in [-0.39, 0.29) is 15.8 Å². The summed E-state index contributed by atoms with van der Waals surface area (Å²) in [4.78, 5) is 1.27. The van der Waals surface area contributed by atoms with Gasteiger partial charge >= 0.3 is 228 Å². The van der Waals surface area contributed by atoms with Gasteiger partial charge in [-0.15, -0.1) is 0 Å². The van der Waals surface area contributed by atoms with Gasteiger partial charge in [0.2, 0.25) is 0 Å². The molecule has 0 nitrogen and oxygen atoms in total. The van der Waals surface area contributed by atoms with Crippen molar-refractivity contribution >= 4 is 15.8 Å². The van der Waals surface area contributed by atoms with Crippen molar-refractivity contribution in [2.75, 3.05) is 0 Å². The molecule has 0 radical (unpaired) electrons. The first-order valence-corrected chi connectivity index (χ1v) is 18.7. The van der Waals surface area contributed by atoms with E-state index in [1.54, 1.807) is 0 Å². The summed E-state index contributed by atoms with van der Waals surface area (Å²) in [6.45, 7) is 17.9. The molecule has 4 aliphatic rings. The fourth-order valence-electron chi connectivity index (χ4n) is 7.63. The first kappa shape index (κ1) is 28.4. The molecule has 2 atom stereocenters. The van der Waals surface area contributed by atoms with Crippen LogP contribution < -0.4 is 0 Å². The molecule has 0 unspecified atom stereocenters. The average molecular weight is 555 g/mol. The van der Waals surface area contributed by atoms with E-state index in [0.717, 1.165) is 11.3 Å². The molecule has 0 spiro atoms. The Morgan fingerprint density at radius 1 is 0.743 bits per heavy atom. The van der Waals surface area contributed by atoms with Crippen LogP contribution in [0.1, 0.15) is 113 Å². The quantitative estimate of drug-likeness (QED) is 0.217. The number of allylic oxidation sites excluding steroid dienone is 8. The zero-order valence-corrected chi connectivity index (χ0v) is 26.6. The van der Waals surface area contributed by atoms with Gasteiger partial charge in [-0.1, -0.05) is 0 Å². The van der Waals surface area contributed by atoms with Gasteiger partial charge in [-0.3, -0.25) is 0 Å². The maximum absolute atomic E-state index is 2.71. The van der Waals surface area contributed by atoms with Crippen molar-refractivity contribution < 1.29 is 15.0 Å². The molecule has 0 heterocycles. The van der Waals surface area contributed by atoms with E-state index in [1.165, 1.54) is 79.2 Å². The van der Waals surface area contributed by atoms with E-state index in [9.17, 15) is 0 Å². The molecule has 4 rings (SSSR count). The summed E-state index contributed by atoms with van der Waals surface area (Å²) >= 11 is 1.28. The fourth-order valence-corrected chi connectivity index (χ4v) is 18.8. The molecular weight excluding hydrogens is 502 g/mol.